The molecule has 3 heterocycles. The van der Waals surface area contributed by atoms with Crippen LogP contribution in [0.1, 0.15) is 31.7 Å². The molecule has 2 saturated heterocycles. The van der Waals surface area contributed by atoms with E-state index in [0.29, 0.717) is 18.1 Å². The van der Waals surface area contributed by atoms with Crippen LogP contribution in [0, 0.1) is 5.82 Å². The van der Waals surface area contributed by atoms with E-state index in [-0.39, 0.29) is 5.82 Å². The second-order valence-corrected chi connectivity index (χ2v) is 7.55. The Morgan fingerprint density at radius 3 is 2.32 bits per heavy atom. The summed E-state index contributed by atoms with van der Waals surface area (Å²) < 4.78 is 15.4. The standard InChI is InChI=1S/C21H22FN3/c1-24-18-7-8-19(24)12-20(11-18)25-21-9-4-15(10-16(21)13-23-25)14-2-5-17(22)6-3-14/h2-6,9-10,13,18-20H,7-8,11-12H2,1H3. The highest BCUT2D eigenvalue weighted by Crippen LogP contribution is 2.40. The van der Waals surface area contributed by atoms with Gasteiger partial charge in [-0.1, -0.05) is 18.2 Å². The lowest BCUT2D eigenvalue weighted by Crippen LogP contribution is -2.40. The van der Waals surface area contributed by atoms with Gasteiger partial charge in [0, 0.05) is 17.5 Å². The third-order valence-electron chi connectivity index (χ3n) is 6.19. The van der Waals surface area contributed by atoms with Gasteiger partial charge in [-0.3, -0.25) is 4.68 Å². The maximum atomic E-state index is 13.1. The Kier molecular flexibility index (Phi) is 3.42. The van der Waals surface area contributed by atoms with Crippen LogP contribution in [-0.2, 0) is 0 Å². The molecular formula is C21H22FN3. The predicted molar refractivity (Wildman–Crippen MR) is 98.0 cm³/mol. The van der Waals surface area contributed by atoms with Crippen molar-refractivity contribution < 1.29 is 4.39 Å². The highest BCUT2D eigenvalue weighted by Gasteiger charge is 2.39. The molecule has 2 aliphatic heterocycles. The number of fused-ring (bicyclic) bond motifs is 3. The fourth-order valence-corrected chi connectivity index (χ4v) is 4.75. The molecule has 5 rings (SSSR count). The third-order valence-corrected chi connectivity index (χ3v) is 6.19. The molecule has 0 radical (unpaired) electrons. The number of piperidine rings is 1. The topological polar surface area (TPSA) is 21.1 Å². The molecular weight excluding hydrogens is 313 g/mol. The van der Waals surface area contributed by atoms with Crippen molar-refractivity contribution in [3.8, 4) is 11.1 Å². The quantitative estimate of drug-likeness (QED) is 0.680. The number of nitrogens with zero attached hydrogens (tertiary/aromatic N) is 3. The van der Waals surface area contributed by atoms with Gasteiger partial charge < -0.3 is 4.90 Å². The molecule has 4 heteroatoms. The minimum atomic E-state index is -0.199. The van der Waals surface area contributed by atoms with Crippen molar-refractivity contribution in [1.82, 2.24) is 14.7 Å². The van der Waals surface area contributed by atoms with E-state index in [1.165, 1.54) is 43.3 Å². The Bertz CT molecular complexity index is 901. The first-order chi connectivity index (χ1) is 12.2. The highest BCUT2D eigenvalue weighted by atomic mass is 19.1. The van der Waals surface area contributed by atoms with Crippen molar-refractivity contribution in [2.24, 2.45) is 0 Å². The molecule has 3 aromatic rings. The van der Waals surface area contributed by atoms with Gasteiger partial charge in [-0.25, -0.2) is 4.39 Å². The molecule has 2 unspecified atom stereocenters. The van der Waals surface area contributed by atoms with Gasteiger partial charge in [0.25, 0.3) is 0 Å². The molecule has 2 aliphatic rings. The molecule has 2 atom stereocenters. The van der Waals surface area contributed by atoms with Crippen LogP contribution in [0.2, 0.25) is 0 Å². The van der Waals surface area contributed by atoms with E-state index < -0.39 is 0 Å². The summed E-state index contributed by atoms with van der Waals surface area (Å²) in [6.45, 7) is 0. The number of hydrogen-bond acceptors (Lipinski definition) is 2. The summed E-state index contributed by atoms with van der Waals surface area (Å²) in [6.07, 6.45) is 7.02. The molecule has 3 nitrogen and oxygen atoms in total. The normalized spacial score (nSPS) is 26.4. The van der Waals surface area contributed by atoms with Gasteiger partial charge in [0.2, 0.25) is 0 Å². The maximum Gasteiger partial charge on any atom is 0.123 e. The molecule has 0 amide bonds. The average molecular weight is 335 g/mol. The monoisotopic (exact) mass is 335 g/mol. The van der Waals surface area contributed by atoms with Gasteiger partial charge >= 0.3 is 0 Å². The first kappa shape index (κ1) is 15.1. The molecule has 128 valence electrons. The molecule has 0 spiro atoms. The molecule has 0 aliphatic carbocycles. The van der Waals surface area contributed by atoms with Crippen molar-refractivity contribution in [2.75, 3.05) is 7.05 Å². The second-order valence-electron chi connectivity index (χ2n) is 7.55. The summed E-state index contributed by atoms with van der Waals surface area (Å²) in [7, 11) is 2.27. The number of halogens is 1. The molecule has 0 saturated carbocycles. The van der Waals surface area contributed by atoms with E-state index in [0.717, 1.165) is 16.5 Å². The zero-order valence-corrected chi connectivity index (χ0v) is 14.4. The van der Waals surface area contributed by atoms with E-state index in [1.54, 1.807) is 0 Å². The van der Waals surface area contributed by atoms with Crippen LogP contribution < -0.4 is 0 Å². The van der Waals surface area contributed by atoms with Crippen LogP contribution in [0.15, 0.2) is 48.7 Å². The molecule has 2 fully saturated rings. The zero-order valence-electron chi connectivity index (χ0n) is 14.4. The van der Waals surface area contributed by atoms with Gasteiger partial charge in [0.05, 0.1) is 17.8 Å². The largest absolute Gasteiger partial charge is 0.300 e. The zero-order chi connectivity index (χ0) is 17.0. The summed E-state index contributed by atoms with van der Waals surface area (Å²) in [5.74, 6) is -0.199. The Balaban J connectivity index is 1.49. The summed E-state index contributed by atoms with van der Waals surface area (Å²) in [6, 6.07) is 15.1. The second kappa shape index (κ2) is 5.67. The summed E-state index contributed by atoms with van der Waals surface area (Å²) in [5, 5.41) is 5.89. The maximum absolute atomic E-state index is 13.1. The molecule has 2 bridgehead atoms. The van der Waals surface area contributed by atoms with Gasteiger partial charge in [0.1, 0.15) is 5.82 Å². The molecule has 25 heavy (non-hydrogen) atoms. The van der Waals surface area contributed by atoms with Crippen LogP contribution in [0.3, 0.4) is 0 Å². The van der Waals surface area contributed by atoms with Crippen molar-refractivity contribution in [2.45, 2.75) is 43.8 Å². The van der Waals surface area contributed by atoms with Crippen LogP contribution in [0.4, 0.5) is 4.39 Å². The fourth-order valence-electron chi connectivity index (χ4n) is 4.75. The van der Waals surface area contributed by atoms with Crippen LogP contribution in [-0.4, -0.2) is 33.8 Å². The van der Waals surface area contributed by atoms with Crippen LogP contribution in [0.25, 0.3) is 22.0 Å². The molecule has 0 N–H and O–H groups in total. The Hall–Kier alpha value is -2.20. The molecule has 2 aromatic carbocycles. The molecule has 1 aromatic heterocycles. The lowest BCUT2D eigenvalue weighted by molar-refractivity contribution is 0.133. The van der Waals surface area contributed by atoms with Crippen molar-refractivity contribution in [3.05, 3.63) is 54.5 Å². The number of benzene rings is 2. The Morgan fingerprint density at radius 2 is 1.60 bits per heavy atom. The SMILES string of the molecule is CN1C2CCC1CC(n1ncc3cc(-c4ccc(F)cc4)ccc31)C2. The lowest BCUT2D eigenvalue weighted by atomic mass is 9.98. The number of rotatable bonds is 2. The smallest absolute Gasteiger partial charge is 0.123 e. The van der Waals surface area contributed by atoms with Crippen molar-refractivity contribution in [3.63, 3.8) is 0 Å². The highest BCUT2D eigenvalue weighted by molar-refractivity contribution is 5.84. The Morgan fingerprint density at radius 1 is 0.920 bits per heavy atom. The van der Waals surface area contributed by atoms with Crippen LogP contribution >= 0.6 is 0 Å². The first-order valence-electron chi connectivity index (χ1n) is 9.14. The summed E-state index contributed by atoms with van der Waals surface area (Å²) >= 11 is 0. The van der Waals surface area contributed by atoms with Crippen molar-refractivity contribution in [1.29, 1.82) is 0 Å². The van der Waals surface area contributed by atoms with E-state index >= 15 is 0 Å². The van der Waals surface area contributed by atoms with E-state index in [2.05, 4.69) is 34.8 Å². The van der Waals surface area contributed by atoms with Gasteiger partial charge in [-0.05, 0) is 68.1 Å². The van der Waals surface area contributed by atoms with Gasteiger partial charge in [-0.15, -0.1) is 0 Å². The lowest BCUT2D eigenvalue weighted by Gasteiger charge is -2.36. The first-order valence-corrected chi connectivity index (χ1v) is 9.14. The Labute approximate surface area is 147 Å². The van der Waals surface area contributed by atoms with E-state index in [9.17, 15) is 4.39 Å². The van der Waals surface area contributed by atoms with E-state index in [1.807, 2.05) is 18.3 Å². The van der Waals surface area contributed by atoms with Gasteiger partial charge in [0.15, 0.2) is 0 Å². The average Bonchev–Trinajstić information content (AvgIpc) is 3.11. The minimum Gasteiger partial charge on any atom is -0.300 e. The number of aromatic nitrogens is 2. The van der Waals surface area contributed by atoms with Crippen LogP contribution in [0.5, 0.6) is 0 Å². The summed E-state index contributed by atoms with van der Waals surface area (Å²) in [4.78, 5) is 2.56. The van der Waals surface area contributed by atoms with Gasteiger partial charge in [-0.2, -0.15) is 5.10 Å². The van der Waals surface area contributed by atoms with Crippen molar-refractivity contribution >= 4 is 10.9 Å². The van der Waals surface area contributed by atoms with E-state index in [4.69, 9.17) is 5.10 Å². The minimum absolute atomic E-state index is 0.199. The number of hydrogen-bond donors (Lipinski definition) is 0. The predicted octanol–water partition coefficient (Wildman–Crippen LogP) is 4.64. The third kappa shape index (κ3) is 2.47. The fraction of sp³-hybridized carbons (Fsp3) is 0.381. The summed E-state index contributed by atoms with van der Waals surface area (Å²) in [5.41, 5.74) is 3.35.